The third-order valence-corrected chi connectivity index (χ3v) is 4.40. The summed E-state index contributed by atoms with van der Waals surface area (Å²) in [6.45, 7) is 7.46. The first-order valence-corrected chi connectivity index (χ1v) is 8.96. The van der Waals surface area contributed by atoms with Gasteiger partial charge in [0.15, 0.2) is 0 Å². The average molecular weight is 315 g/mol. The van der Waals surface area contributed by atoms with Gasteiger partial charge in [-0.05, 0) is 49.1 Å². The minimum Gasteiger partial charge on any atom is -0.372 e. The van der Waals surface area contributed by atoms with Crippen molar-refractivity contribution in [2.45, 2.75) is 45.8 Å². The molecule has 0 aromatic heterocycles. The largest absolute Gasteiger partial charge is 0.372 e. The summed E-state index contributed by atoms with van der Waals surface area (Å²) < 4.78 is 0. The second-order valence-electron chi connectivity index (χ2n) is 5.55. The van der Waals surface area contributed by atoms with Crippen LogP contribution in [0.3, 0.4) is 0 Å². The fourth-order valence-electron chi connectivity index (χ4n) is 2.07. The van der Waals surface area contributed by atoms with Crippen LogP contribution in [0.5, 0.6) is 0 Å². The lowest BCUT2D eigenvalue weighted by molar-refractivity contribution is 0.585. The molecule has 0 spiro atoms. The number of nitrogens with zero attached hydrogens (tertiary/aromatic N) is 1. The van der Waals surface area contributed by atoms with Crippen LogP contribution < -0.4 is 10.2 Å². The number of thioether (sulfide) groups is 1. The number of anilines is 1. The molecule has 20 heavy (non-hydrogen) atoms. The summed E-state index contributed by atoms with van der Waals surface area (Å²) in [6.07, 6.45) is 3.35. The molecule has 1 unspecified atom stereocenters. The molecule has 0 aliphatic carbocycles. The Morgan fingerprint density at radius 1 is 1.30 bits per heavy atom. The van der Waals surface area contributed by atoms with E-state index in [2.05, 4.69) is 56.4 Å². The van der Waals surface area contributed by atoms with Gasteiger partial charge in [-0.15, -0.1) is 0 Å². The van der Waals surface area contributed by atoms with Crippen molar-refractivity contribution in [2.75, 3.05) is 24.0 Å². The molecule has 0 saturated carbocycles. The number of halogens is 1. The van der Waals surface area contributed by atoms with E-state index in [0.29, 0.717) is 12.1 Å². The topological polar surface area (TPSA) is 15.3 Å². The Hall–Kier alpha value is -0.380. The van der Waals surface area contributed by atoms with Crippen LogP contribution in [0, 0.1) is 0 Å². The number of hydrogen-bond donors (Lipinski definition) is 1. The molecule has 1 N–H and O–H groups in total. The van der Waals surface area contributed by atoms with E-state index in [1.54, 1.807) is 0 Å². The minimum absolute atomic E-state index is 0.473. The highest BCUT2D eigenvalue weighted by Crippen LogP contribution is 2.26. The predicted molar refractivity (Wildman–Crippen MR) is 94.3 cm³/mol. The van der Waals surface area contributed by atoms with Crippen LogP contribution in [-0.4, -0.2) is 31.1 Å². The quantitative estimate of drug-likeness (QED) is 0.765. The number of nitrogens with one attached hydrogen (secondary N) is 1. The smallest absolute Gasteiger partial charge is 0.0412 e. The number of hydrogen-bond acceptors (Lipinski definition) is 3. The Balaban J connectivity index is 2.86. The summed E-state index contributed by atoms with van der Waals surface area (Å²) in [5, 5.41) is 4.28. The minimum atomic E-state index is 0.473. The molecule has 1 aromatic rings. The molecule has 1 rings (SSSR count). The second-order valence-corrected chi connectivity index (χ2v) is 6.97. The van der Waals surface area contributed by atoms with Gasteiger partial charge in [0.1, 0.15) is 0 Å². The van der Waals surface area contributed by atoms with Gasteiger partial charge in [-0.25, -0.2) is 0 Å². The standard InChI is InChI=1S/C16H27ClN2S/c1-12(2)18-11-14-10-15(17)6-7-16(14)19(4)13(3)8-9-20-5/h6-7,10,12-13,18H,8-9,11H2,1-5H3. The van der Waals surface area contributed by atoms with Crippen LogP contribution in [0.25, 0.3) is 0 Å². The Kier molecular flexibility index (Phi) is 7.78. The summed E-state index contributed by atoms with van der Waals surface area (Å²) in [5.41, 5.74) is 2.54. The summed E-state index contributed by atoms with van der Waals surface area (Å²) in [7, 11) is 2.17. The first-order valence-electron chi connectivity index (χ1n) is 7.19. The van der Waals surface area contributed by atoms with Crippen molar-refractivity contribution in [1.29, 1.82) is 0 Å². The zero-order chi connectivity index (χ0) is 15.1. The number of benzene rings is 1. The highest BCUT2D eigenvalue weighted by atomic mass is 35.5. The van der Waals surface area contributed by atoms with E-state index in [-0.39, 0.29) is 0 Å². The Labute approximate surface area is 133 Å². The van der Waals surface area contributed by atoms with Gasteiger partial charge < -0.3 is 10.2 Å². The highest BCUT2D eigenvalue weighted by molar-refractivity contribution is 7.98. The van der Waals surface area contributed by atoms with Gasteiger partial charge in [0.2, 0.25) is 0 Å². The molecule has 1 aromatic carbocycles. The van der Waals surface area contributed by atoms with Crippen molar-refractivity contribution < 1.29 is 0 Å². The summed E-state index contributed by atoms with van der Waals surface area (Å²) in [5.74, 6) is 1.19. The zero-order valence-electron chi connectivity index (χ0n) is 13.2. The summed E-state index contributed by atoms with van der Waals surface area (Å²) >= 11 is 8.05. The first-order chi connectivity index (χ1) is 9.45. The van der Waals surface area contributed by atoms with E-state index in [1.165, 1.54) is 23.4 Å². The molecule has 0 aliphatic heterocycles. The van der Waals surface area contributed by atoms with Crippen LogP contribution in [0.2, 0.25) is 5.02 Å². The lowest BCUT2D eigenvalue weighted by Gasteiger charge is -2.29. The van der Waals surface area contributed by atoms with Gasteiger partial charge >= 0.3 is 0 Å². The van der Waals surface area contributed by atoms with E-state index in [9.17, 15) is 0 Å². The van der Waals surface area contributed by atoms with Crippen molar-refractivity contribution in [2.24, 2.45) is 0 Å². The van der Waals surface area contributed by atoms with Crippen LogP contribution in [0.4, 0.5) is 5.69 Å². The molecular weight excluding hydrogens is 288 g/mol. The molecule has 0 heterocycles. The number of rotatable bonds is 8. The first kappa shape index (κ1) is 17.7. The SMILES string of the molecule is CSCCC(C)N(C)c1ccc(Cl)cc1CNC(C)C. The van der Waals surface area contributed by atoms with Gasteiger partial charge in [0, 0.05) is 36.4 Å². The third kappa shape index (κ3) is 5.55. The zero-order valence-corrected chi connectivity index (χ0v) is 14.8. The fraction of sp³-hybridized carbons (Fsp3) is 0.625. The van der Waals surface area contributed by atoms with Crippen LogP contribution in [0.1, 0.15) is 32.8 Å². The Morgan fingerprint density at radius 3 is 2.60 bits per heavy atom. The van der Waals surface area contributed by atoms with Crippen molar-refractivity contribution in [3.8, 4) is 0 Å². The van der Waals surface area contributed by atoms with E-state index < -0.39 is 0 Å². The maximum atomic E-state index is 6.15. The predicted octanol–water partition coefficient (Wildman–Crippen LogP) is 4.42. The van der Waals surface area contributed by atoms with E-state index in [1.807, 2.05) is 17.8 Å². The van der Waals surface area contributed by atoms with Crippen molar-refractivity contribution in [3.05, 3.63) is 28.8 Å². The molecule has 4 heteroatoms. The molecular formula is C16H27ClN2S. The molecule has 0 fully saturated rings. The second kappa shape index (κ2) is 8.81. The van der Waals surface area contributed by atoms with Gasteiger partial charge in [0.05, 0.1) is 0 Å². The van der Waals surface area contributed by atoms with Crippen molar-refractivity contribution in [1.82, 2.24) is 5.32 Å². The van der Waals surface area contributed by atoms with Crippen LogP contribution in [0.15, 0.2) is 18.2 Å². The molecule has 2 nitrogen and oxygen atoms in total. The molecule has 0 saturated heterocycles. The van der Waals surface area contributed by atoms with Gasteiger partial charge in [-0.1, -0.05) is 25.4 Å². The lowest BCUT2D eigenvalue weighted by atomic mass is 10.1. The summed E-state index contributed by atoms with van der Waals surface area (Å²) in [4.78, 5) is 2.36. The monoisotopic (exact) mass is 314 g/mol. The Bertz CT molecular complexity index is 409. The fourth-order valence-corrected chi connectivity index (χ4v) is 2.84. The Morgan fingerprint density at radius 2 is 2.00 bits per heavy atom. The maximum Gasteiger partial charge on any atom is 0.0412 e. The van der Waals surface area contributed by atoms with Gasteiger partial charge in [0.25, 0.3) is 0 Å². The maximum absolute atomic E-state index is 6.15. The van der Waals surface area contributed by atoms with Gasteiger partial charge in [-0.2, -0.15) is 11.8 Å². The lowest BCUT2D eigenvalue weighted by Crippen LogP contribution is -2.31. The van der Waals surface area contributed by atoms with Gasteiger partial charge in [-0.3, -0.25) is 0 Å². The third-order valence-electron chi connectivity index (χ3n) is 3.52. The van der Waals surface area contributed by atoms with Crippen molar-refractivity contribution in [3.63, 3.8) is 0 Å². The molecule has 0 aliphatic rings. The van der Waals surface area contributed by atoms with E-state index in [0.717, 1.165) is 11.6 Å². The molecule has 0 amide bonds. The normalized spacial score (nSPS) is 12.8. The van der Waals surface area contributed by atoms with Crippen molar-refractivity contribution >= 4 is 29.1 Å². The highest BCUT2D eigenvalue weighted by Gasteiger charge is 2.14. The van der Waals surface area contributed by atoms with E-state index in [4.69, 9.17) is 11.6 Å². The molecule has 1 atom stereocenters. The molecule has 114 valence electrons. The van der Waals surface area contributed by atoms with E-state index >= 15 is 0 Å². The van der Waals surface area contributed by atoms with Crippen LogP contribution >= 0.6 is 23.4 Å². The molecule has 0 radical (unpaired) electrons. The average Bonchev–Trinajstić information content (AvgIpc) is 2.41. The summed E-state index contributed by atoms with van der Waals surface area (Å²) in [6, 6.07) is 7.19. The van der Waals surface area contributed by atoms with Crippen LogP contribution in [-0.2, 0) is 6.54 Å². The molecule has 0 bridgehead atoms.